The number of nitro benzene ring substituents is 1. The fourth-order valence-electron chi connectivity index (χ4n) is 1.57. The molecule has 0 aliphatic rings. The second-order valence-corrected chi connectivity index (χ2v) is 4.81. The maximum absolute atomic E-state index is 10.8. The summed E-state index contributed by atoms with van der Waals surface area (Å²) in [5, 5.41) is 25.0. The Morgan fingerprint density at radius 3 is 2.67 bits per heavy atom. The third-order valence-electron chi connectivity index (χ3n) is 2.54. The minimum absolute atomic E-state index is 0.119. The quantitative estimate of drug-likeness (QED) is 0.504. The highest BCUT2D eigenvalue weighted by atomic mass is 35.5. The highest BCUT2D eigenvalue weighted by molar-refractivity contribution is 6.33. The van der Waals surface area contributed by atoms with Crippen LogP contribution in [0.5, 0.6) is 5.75 Å². The van der Waals surface area contributed by atoms with Gasteiger partial charge in [0.15, 0.2) is 0 Å². The molecule has 2 aromatic carbocycles. The van der Waals surface area contributed by atoms with E-state index in [9.17, 15) is 15.2 Å². The summed E-state index contributed by atoms with van der Waals surface area (Å²) in [6, 6.07) is 9.35. The number of hydrogen-bond acceptors (Lipinski definition) is 5. The number of para-hydroxylation sites is 1. The molecule has 0 aromatic heterocycles. The van der Waals surface area contributed by atoms with Gasteiger partial charge in [-0.2, -0.15) is 5.10 Å². The van der Waals surface area contributed by atoms with Crippen LogP contribution in [0, 0.1) is 10.1 Å². The molecule has 0 atom stereocenters. The summed E-state index contributed by atoms with van der Waals surface area (Å²) in [5.74, 6) is -0.505. The number of nitrogens with one attached hydrogen (secondary N) is 1. The summed E-state index contributed by atoms with van der Waals surface area (Å²) < 4.78 is 0. The lowest BCUT2D eigenvalue weighted by molar-refractivity contribution is -0.385. The molecular weight excluding hydrogens is 317 g/mol. The van der Waals surface area contributed by atoms with E-state index in [1.807, 2.05) is 0 Å². The van der Waals surface area contributed by atoms with Crippen molar-refractivity contribution >= 4 is 40.8 Å². The molecule has 0 saturated carbocycles. The Labute approximate surface area is 129 Å². The van der Waals surface area contributed by atoms with Gasteiger partial charge in [-0.1, -0.05) is 35.3 Å². The molecule has 0 saturated heterocycles. The molecule has 21 heavy (non-hydrogen) atoms. The van der Waals surface area contributed by atoms with Crippen molar-refractivity contribution in [1.82, 2.24) is 0 Å². The predicted octanol–water partition coefficient (Wildman–Crippen LogP) is 4.05. The molecule has 0 aliphatic heterocycles. The smallest absolute Gasteiger partial charge is 0.312 e. The van der Waals surface area contributed by atoms with Crippen molar-refractivity contribution in [1.29, 1.82) is 0 Å². The van der Waals surface area contributed by atoms with Crippen LogP contribution in [0.1, 0.15) is 5.56 Å². The molecule has 0 fully saturated rings. The van der Waals surface area contributed by atoms with Gasteiger partial charge in [0.1, 0.15) is 0 Å². The number of phenols is 1. The van der Waals surface area contributed by atoms with Crippen LogP contribution in [-0.2, 0) is 0 Å². The Hall–Kier alpha value is -2.31. The minimum Gasteiger partial charge on any atom is -0.502 e. The number of benzene rings is 2. The molecule has 0 spiro atoms. The molecule has 0 bridgehead atoms. The number of nitrogens with zero attached hydrogens (tertiary/aromatic N) is 2. The van der Waals surface area contributed by atoms with Crippen molar-refractivity contribution in [2.75, 3.05) is 5.43 Å². The summed E-state index contributed by atoms with van der Waals surface area (Å²) in [5.41, 5.74) is 2.87. The van der Waals surface area contributed by atoms with Gasteiger partial charge in [0.2, 0.25) is 5.75 Å². The fraction of sp³-hybridized carbons (Fsp3) is 0. The number of phenolic OH excluding ortho intramolecular Hbond substituents is 1. The molecule has 6 nitrogen and oxygen atoms in total. The van der Waals surface area contributed by atoms with Gasteiger partial charge in [0.25, 0.3) is 0 Å². The lowest BCUT2D eigenvalue weighted by atomic mass is 10.2. The zero-order valence-corrected chi connectivity index (χ0v) is 12.0. The van der Waals surface area contributed by atoms with E-state index in [2.05, 4.69) is 10.5 Å². The van der Waals surface area contributed by atoms with Crippen LogP contribution in [0.3, 0.4) is 0 Å². The molecule has 0 radical (unpaired) electrons. The van der Waals surface area contributed by atoms with Crippen molar-refractivity contribution < 1.29 is 10.0 Å². The van der Waals surface area contributed by atoms with Crippen LogP contribution in [0.2, 0.25) is 10.0 Å². The largest absolute Gasteiger partial charge is 0.502 e. The van der Waals surface area contributed by atoms with E-state index in [4.69, 9.17) is 23.2 Å². The van der Waals surface area contributed by atoms with E-state index >= 15 is 0 Å². The summed E-state index contributed by atoms with van der Waals surface area (Å²) in [6.07, 6.45) is 1.22. The zero-order valence-electron chi connectivity index (χ0n) is 10.5. The zero-order chi connectivity index (χ0) is 15.4. The Morgan fingerprint density at radius 2 is 2.00 bits per heavy atom. The van der Waals surface area contributed by atoms with Crippen LogP contribution >= 0.6 is 23.2 Å². The van der Waals surface area contributed by atoms with Crippen LogP contribution in [0.4, 0.5) is 11.4 Å². The summed E-state index contributed by atoms with van der Waals surface area (Å²) in [4.78, 5) is 10.1. The lowest BCUT2D eigenvalue weighted by Gasteiger charge is -2.03. The maximum atomic E-state index is 10.8. The van der Waals surface area contributed by atoms with Crippen molar-refractivity contribution in [2.24, 2.45) is 5.10 Å². The van der Waals surface area contributed by atoms with Crippen LogP contribution in [0.15, 0.2) is 41.5 Å². The van der Waals surface area contributed by atoms with Gasteiger partial charge >= 0.3 is 5.69 Å². The molecule has 0 amide bonds. The third kappa shape index (κ3) is 3.62. The number of anilines is 1. The summed E-state index contributed by atoms with van der Waals surface area (Å²) in [7, 11) is 0. The first kappa shape index (κ1) is 15.1. The average molecular weight is 326 g/mol. The van der Waals surface area contributed by atoms with Crippen molar-refractivity contribution in [2.45, 2.75) is 0 Å². The Balaban J connectivity index is 2.26. The van der Waals surface area contributed by atoms with E-state index in [0.29, 0.717) is 10.7 Å². The number of hydrogen-bond donors (Lipinski definition) is 2. The van der Waals surface area contributed by atoms with E-state index in [1.165, 1.54) is 12.3 Å². The maximum Gasteiger partial charge on any atom is 0.312 e. The average Bonchev–Trinajstić information content (AvgIpc) is 2.44. The Morgan fingerprint density at radius 1 is 1.29 bits per heavy atom. The number of nitro groups is 1. The molecule has 2 N–H and O–H groups in total. The highest BCUT2D eigenvalue weighted by Crippen LogP contribution is 2.32. The number of hydrazone groups is 1. The molecule has 108 valence electrons. The van der Waals surface area contributed by atoms with Crippen LogP contribution < -0.4 is 5.43 Å². The van der Waals surface area contributed by atoms with Gasteiger partial charge in [-0.15, -0.1) is 0 Å². The first-order valence-electron chi connectivity index (χ1n) is 5.69. The number of aromatic hydroxyl groups is 1. The van der Waals surface area contributed by atoms with Gasteiger partial charge in [-0.25, -0.2) is 0 Å². The minimum atomic E-state index is -0.722. The van der Waals surface area contributed by atoms with Crippen molar-refractivity contribution in [3.05, 3.63) is 62.1 Å². The van der Waals surface area contributed by atoms with Gasteiger partial charge in [0, 0.05) is 16.7 Å². The first-order valence-corrected chi connectivity index (χ1v) is 6.45. The van der Waals surface area contributed by atoms with E-state index in [1.54, 1.807) is 24.3 Å². The molecule has 2 rings (SSSR count). The molecule has 0 heterocycles. The van der Waals surface area contributed by atoms with E-state index < -0.39 is 16.4 Å². The standard InChI is InChI=1S/C13H9Cl2N3O3/c14-9-5-8(13(19)12(6-9)18(20)21)7-16-17-11-4-2-1-3-10(11)15/h1-7,17,19H/b16-7+. The molecule has 8 heteroatoms. The van der Waals surface area contributed by atoms with Crippen LogP contribution in [0.25, 0.3) is 0 Å². The van der Waals surface area contributed by atoms with Gasteiger partial charge in [-0.3, -0.25) is 15.5 Å². The van der Waals surface area contributed by atoms with Crippen molar-refractivity contribution in [3.8, 4) is 5.75 Å². The lowest BCUT2D eigenvalue weighted by Crippen LogP contribution is -1.95. The SMILES string of the molecule is O=[N+]([O-])c1cc(Cl)cc(/C=N/Nc2ccccc2Cl)c1O. The third-order valence-corrected chi connectivity index (χ3v) is 3.09. The van der Waals surface area contributed by atoms with Crippen molar-refractivity contribution in [3.63, 3.8) is 0 Å². The van der Waals surface area contributed by atoms with Gasteiger partial charge < -0.3 is 5.11 Å². The summed E-state index contributed by atoms with van der Waals surface area (Å²) >= 11 is 11.7. The molecular formula is C13H9Cl2N3O3. The fourth-order valence-corrected chi connectivity index (χ4v) is 1.97. The first-order chi connectivity index (χ1) is 9.99. The number of halogens is 2. The molecule has 2 aromatic rings. The number of rotatable bonds is 4. The van der Waals surface area contributed by atoms with E-state index in [0.717, 1.165) is 6.07 Å². The second kappa shape index (κ2) is 6.43. The van der Waals surface area contributed by atoms with E-state index in [-0.39, 0.29) is 10.6 Å². The monoisotopic (exact) mass is 325 g/mol. The highest BCUT2D eigenvalue weighted by Gasteiger charge is 2.17. The van der Waals surface area contributed by atoms with Crippen LogP contribution in [-0.4, -0.2) is 16.2 Å². The predicted molar refractivity (Wildman–Crippen MR) is 82.4 cm³/mol. The van der Waals surface area contributed by atoms with Gasteiger partial charge in [-0.05, 0) is 18.2 Å². The second-order valence-electron chi connectivity index (χ2n) is 3.97. The molecule has 0 unspecified atom stereocenters. The molecule has 0 aliphatic carbocycles. The Bertz CT molecular complexity index is 720. The topological polar surface area (TPSA) is 87.8 Å². The van der Waals surface area contributed by atoms with Gasteiger partial charge in [0.05, 0.1) is 21.8 Å². The summed E-state index contributed by atoms with van der Waals surface area (Å²) in [6.45, 7) is 0. The normalized spacial score (nSPS) is 10.8. The Kier molecular flexibility index (Phi) is 4.62.